The first-order chi connectivity index (χ1) is 12.7. The van der Waals surface area contributed by atoms with Crippen molar-refractivity contribution in [2.45, 2.75) is 56.0 Å². The van der Waals surface area contributed by atoms with Crippen LogP contribution in [0.3, 0.4) is 0 Å². The summed E-state index contributed by atoms with van der Waals surface area (Å²) in [5.41, 5.74) is 0.401. The fraction of sp³-hybridized carbons (Fsp3) is 0.579. The lowest BCUT2D eigenvalue weighted by molar-refractivity contribution is -0.117. The fourth-order valence-corrected chi connectivity index (χ4v) is 4.72. The van der Waals surface area contributed by atoms with E-state index < -0.39 is 15.8 Å². The summed E-state index contributed by atoms with van der Waals surface area (Å²) >= 11 is 0. The molecule has 2 fully saturated rings. The molecule has 2 saturated heterocycles. The summed E-state index contributed by atoms with van der Waals surface area (Å²) in [6.07, 6.45) is 5.77. The Balaban J connectivity index is 0.00000280. The molecule has 7 nitrogen and oxygen atoms in total. The molecule has 156 valence electrons. The molecule has 28 heavy (non-hydrogen) atoms. The van der Waals surface area contributed by atoms with E-state index in [-0.39, 0.29) is 35.4 Å². The average Bonchev–Trinajstić information content (AvgIpc) is 2.92. The first kappa shape index (κ1) is 22.6. The minimum Gasteiger partial charge on any atom is -0.462 e. The van der Waals surface area contributed by atoms with Crippen LogP contribution in [0.1, 0.15) is 49.4 Å². The summed E-state index contributed by atoms with van der Waals surface area (Å²) < 4.78 is 28.8. The number of halogens is 1. The lowest BCUT2D eigenvalue weighted by Crippen LogP contribution is -2.39. The molecule has 1 aromatic carbocycles. The molecule has 1 amide bonds. The van der Waals surface area contributed by atoms with Gasteiger partial charge in [-0.2, -0.15) is 0 Å². The molecule has 9 heteroatoms. The predicted octanol–water partition coefficient (Wildman–Crippen LogP) is 2.55. The van der Waals surface area contributed by atoms with Crippen LogP contribution in [-0.2, 0) is 19.4 Å². The second kappa shape index (κ2) is 9.24. The summed E-state index contributed by atoms with van der Waals surface area (Å²) in [7, 11) is -3.53. The number of rotatable bonds is 6. The van der Waals surface area contributed by atoms with Crippen LogP contribution >= 0.6 is 12.4 Å². The Morgan fingerprint density at radius 2 is 1.82 bits per heavy atom. The second-order valence-electron chi connectivity index (χ2n) is 7.47. The zero-order valence-electron chi connectivity index (χ0n) is 16.1. The Labute approximate surface area is 171 Å². The third kappa shape index (κ3) is 5.68. The van der Waals surface area contributed by atoms with E-state index in [1.807, 2.05) is 0 Å². The van der Waals surface area contributed by atoms with Crippen molar-refractivity contribution in [3.63, 3.8) is 0 Å². The molecule has 0 aliphatic carbocycles. The molecule has 0 spiro atoms. The Hall–Kier alpha value is -1.64. The van der Waals surface area contributed by atoms with Gasteiger partial charge < -0.3 is 15.4 Å². The van der Waals surface area contributed by atoms with Gasteiger partial charge in [0.05, 0.1) is 17.1 Å². The zero-order chi connectivity index (χ0) is 19.6. The van der Waals surface area contributed by atoms with Gasteiger partial charge in [0, 0.05) is 30.4 Å². The molecular formula is C19H27ClN2O5S. The Morgan fingerprint density at radius 3 is 2.39 bits per heavy atom. The number of hydrogen-bond donors (Lipinski definition) is 2. The first-order valence-electron chi connectivity index (χ1n) is 9.32. The van der Waals surface area contributed by atoms with Crippen molar-refractivity contribution in [3.8, 4) is 0 Å². The molecule has 2 aliphatic heterocycles. The van der Waals surface area contributed by atoms with E-state index in [4.69, 9.17) is 4.74 Å². The molecule has 0 aromatic heterocycles. The van der Waals surface area contributed by atoms with Crippen LogP contribution in [0.15, 0.2) is 23.1 Å². The number of amides is 1. The normalized spacial score (nSPS) is 23.6. The molecule has 2 aliphatic rings. The van der Waals surface area contributed by atoms with Gasteiger partial charge in [-0.25, -0.2) is 13.2 Å². The fourth-order valence-electron chi connectivity index (χ4n) is 4.03. The first-order valence-corrected chi connectivity index (χ1v) is 11.2. The molecular weight excluding hydrogens is 404 g/mol. The highest BCUT2D eigenvalue weighted by atomic mass is 35.5. The number of carbonyl (C=O) groups is 2. The van der Waals surface area contributed by atoms with Crippen molar-refractivity contribution < 1.29 is 22.7 Å². The highest BCUT2D eigenvalue weighted by Gasteiger charge is 2.34. The highest BCUT2D eigenvalue weighted by molar-refractivity contribution is 7.90. The van der Waals surface area contributed by atoms with Crippen LogP contribution in [0, 0.1) is 5.92 Å². The third-order valence-electron chi connectivity index (χ3n) is 5.17. The minimum atomic E-state index is -3.53. The summed E-state index contributed by atoms with van der Waals surface area (Å²) in [4.78, 5) is 24.5. The number of hydrogen-bond acceptors (Lipinski definition) is 6. The van der Waals surface area contributed by atoms with E-state index in [1.54, 1.807) is 6.92 Å². The van der Waals surface area contributed by atoms with E-state index in [9.17, 15) is 18.0 Å². The molecule has 1 aromatic rings. The highest BCUT2D eigenvalue weighted by Crippen LogP contribution is 2.33. The van der Waals surface area contributed by atoms with Crippen LogP contribution in [0.5, 0.6) is 0 Å². The number of fused-ring (bicyclic) bond motifs is 2. The van der Waals surface area contributed by atoms with Crippen molar-refractivity contribution in [1.29, 1.82) is 0 Å². The average molecular weight is 431 g/mol. The maximum absolute atomic E-state index is 12.5. The Bertz CT molecular complexity index is 831. The van der Waals surface area contributed by atoms with E-state index >= 15 is 0 Å². The van der Waals surface area contributed by atoms with Gasteiger partial charge in [0.15, 0.2) is 9.84 Å². The summed E-state index contributed by atoms with van der Waals surface area (Å²) in [5.74, 6) is -0.457. The topological polar surface area (TPSA) is 102 Å². The molecule has 0 saturated carbocycles. The van der Waals surface area contributed by atoms with Crippen LogP contribution in [0.2, 0.25) is 0 Å². The Kier molecular flexibility index (Phi) is 7.47. The number of esters is 1. The largest absolute Gasteiger partial charge is 0.462 e. The van der Waals surface area contributed by atoms with Gasteiger partial charge in [-0.15, -0.1) is 12.4 Å². The van der Waals surface area contributed by atoms with Gasteiger partial charge in [0.2, 0.25) is 5.91 Å². The van der Waals surface area contributed by atoms with E-state index in [0.29, 0.717) is 30.1 Å². The van der Waals surface area contributed by atoms with Crippen LogP contribution in [0.25, 0.3) is 0 Å². The lowest BCUT2D eigenvalue weighted by Gasteiger charge is -2.28. The smallest absolute Gasteiger partial charge is 0.338 e. The lowest BCUT2D eigenvalue weighted by atomic mass is 9.89. The van der Waals surface area contributed by atoms with Crippen molar-refractivity contribution in [2.75, 3.05) is 18.2 Å². The summed E-state index contributed by atoms with van der Waals surface area (Å²) in [6, 6.07) is 5.11. The molecule has 2 unspecified atom stereocenters. The third-order valence-corrected chi connectivity index (χ3v) is 6.27. The van der Waals surface area contributed by atoms with Gasteiger partial charge in [-0.1, -0.05) is 0 Å². The molecule has 2 N–H and O–H groups in total. The quantitative estimate of drug-likeness (QED) is 0.672. The molecule has 0 radical (unpaired) electrons. The van der Waals surface area contributed by atoms with Crippen LogP contribution in [-0.4, -0.2) is 45.2 Å². The van der Waals surface area contributed by atoms with E-state index in [1.165, 1.54) is 31.0 Å². The number of ether oxygens (including phenoxy) is 1. The van der Waals surface area contributed by atoms with Crippen LogP contribution in [0.4, 0.5) is 5.69 Å². The molecule has 2 bridgehead atoms. The maximum atomic E-state index is 12.5. The SMILES string of the molecule is CCOC(=O)c1cc(NC(=O)CC2CC3CCC(C2)N3)cc(S(C)(=O)=O)c1.Cl. The van der Waals surface area contributed by atoms with Gasteiger partial charge in [-0.05, 0) is 56.7 Å². The second-order valence-corrected chi connectivity index (χ2v) is 9.48. The van der Waals surface area contributed by atoms with Crippen molar-refractivity contribution in [3.05, 3.63) is 23.8 Å². The number of nitrogens with one attached hydrogen (secondary N) is 2. The number of benzene rings is 1. The monoisotopic (exact) mass is 430 g/mol. The number of piperidine rings is 1. The van der Waals surface area contributed by atoms with Gasteiger partial charge >= 0.3 is 5.97 Å². The molecule has 2 atom stereocenters. The van der Waals surface area contributed by atoms with Crippen molar-refractivity contribution in [2.24, 2.45) is 5.92 Å². The van der Waals surface area contributed by atoms with E-state index in [0.717, 1.165) is 19.1 Å². The predicted molar refractivity (Wildman–Crippen MR) is 109 cm³/mol. The summed E-state index contributed by atoms with van der Waals surface area (Å²) in [5, 5.41) is 6.31. The number of anilines is 1. The standard InChI is InChI=1S/C19H26N2O5S.ClH/c1-3-26-19(23)13-9-16(11-17(10-13)27(2,24)25)21-18(22)8-12-6-14-4-5-15(7-12)20-14;/h9-12,14-15,20H,3-8H2,1-2H3,(H,21,22);1H. The van der Waals surface area contributed by atoms with Crippen molar-refractivity contribution in [1.82, 2.24) is 5.32 Å². The van der Waals surface area contributed by atoms with Crippen LogP contribution < -0.4 is 10.6 Å². The van der Waals surface area contributed by atoms with Gasteiger partial charge in [-0.3, -0.25) is 4.79 Å². The maximum Gasteiger partial charge on any atom is 0.338 e. The van der Waals surface area contributed by atoms with Crippen molar-refractivity contribution >= 4 is 39.8 Å². The molecule has 2 heterocycles. The van der Waals surface area contributed by atoms with E-state index in [2.05, 4.69) is 10.6 Å². The zero-order valence-corrected chi connectivity index (χ0v) is 17.7. The van der Waals surface area contributed by atoms with Gasteiger partial charge in [0.1, 0.15) is 0 Å². The van der Waals surface area contributed by atoms with Gasteiger partial charge in [0.25, 0.3) is 0 Å². The Morgan fingerprint density at radius 1 is 1.18 bits per heavy atom. The summed E-state index contributed by atoms with van der Waals surface area (Å²) in [6.45, 7) is 1.86. The number of sulfone groups is 1. The minimum absolute atomic E-state index is 0. The molecule has 3 rings (SSSR count). The number of carbonyl (C=O) groups excluding carboxylic acids is 2.